The Morgan fingerprint density at radius 1 is 0.960 bits per heavy atom. The Labute approximate surface area is 145 Å². The van der Waals surface area contributed by atoms with Crippen LogP contribution in [0, 0.1) is 10.1 Å². The maximum atomic E-state index is 11.0. The van der Waals surface area contributed by atoms with E-state index in [1.54, 1.807) is 36.6 Å². The van der Waals surface area contributed by atoms with Crippen molar-refractivity contribution in [1.82, 2.24) is 0 Å². The van der Waals surface area contributed by atoms with Crippen molar-refractivity contribution in [2.24, 2.45) is 4.99 Å². The first kappa shape index (κ1) is 15.3. The van der Waals surface area contributed by atoms with Crippen LogP contribution >= 0.6 is 0 Å². The third-order valence-corrected chi connectivity index (χ3v) is 4.56. The zero-order valence-electron chi connectivity index (χ0n) is 13.6. The van der Waals surface area contributed by atoms with Gasteiger partial charge in [0.05, 0.1) is 16.2 Å². The van der Waals surface area contributed by atoms with Crippen LogP contribution in [0.4, 0.5) is 11.4 Å². The molecule has 3 aromatic rings. The fourth-order valence-corrected chi connectivity index (χ4v) is 3.41. The van der Waals surface area contributed by atoms with E-state index in [2.05, 4.69) is 29.3 Å². The minimum atomic E-state index is -0.375. The second-order valence-corrected chi connectivity index (χ2v) is 6.04. The number of benzene rings is 3. The van der Waals surface area contributed by atoms with Gasteiger partial charge in [-0.15, -0.1) is 0 Å². The molecule has 1 aliphatic carbocycles. The number of aryl methyl sites for hydroxylation is 2. The van der Waals surface area contributed by atoms with Crippen molar-refractivity contribution in [3.05, 3.63) is 87.5 Å². The van der Waals surface area contributed by atoms with Gasteiger partial charge in [-0.2, -0.15) is 0 Å². The highest BCUT2D eigenvalue weighted by Crippen LogP contribution is 2.36. The van der Waals surface area contributed by atoms with Crippen molar-refractivity contribution in [3.63, 3.8) is 0 Å². The number of hydrogen-bond donors (Lipinski definition) is 0. The molecule has 25 heavy (non-hydrogen) atoms. The van der Waals surface area contributed by atoms with E-state index in [1.807, 2.05) is 6.07 Å². The lowest BCUT2D eigenvalue weighted by molar-refractivity contribution is -0.385. The van der Waals surface area contributed by atoms with Gasteiger partial charge in [-0.3, -0.25) is 15.1 Å². The second-order valence-electron chi connectivity index (χ2n) is 6.04. The molecule has 0 saturated heterocycles. The average molecular weight is 328 g/mol. The molecule has 0 N–H and O–H groups in total. The van der Waals surface area contributed by atoms with Crippen molar-refractivity contribution in [3.8, 4) is 0 Å². The van der Waals surface area contributed by atoms with Gasteiger partial charge in [0.15, 0.2) is 0 Å². The first-order valence-electron chi connectivity index (χ1n) is 8.22. The molecule has 1 aliphatic rings. The number of allylic oxidation sites excluding steroid dienone is 1. The van der Waals surface area contributed by atoms with Gasteiger partial charge in [0.25, 0.3) is 5.69 Å². The van der Waals surface area contributed by atoms with Gasteiger partial charge in [-0.1, -0.05) is 36.4 Å². The van der Waals surface area contributed by atoms with E-state index in [0.29, 0.717) is 5.56 Å². The zero-order chi connectivity index (χ0) is 17.2. The summed E-state index contributed by atoms with van der Waals surface area (Å²) in [6, 6.07) is 17.2. The number of hydrogen-bond acceptors (Lipinski definition) is 3. The molecule has 122 valence electrons. The quantitative estimate of drug-likeness (QED) is 0.372. The molecule has 4 rings (SSSR count). The third-order valence-electron chi connectivity index (χ3n) is 4.56. The minimum absolute atomic E-state index is 0.0949. The van der Waals surface area contributed by atoms with Crippen LogP contribution in [0.2, 0.25) is 0 Å². The molecule has 3 aromatic carbocycles. The lowest BCUT2D eigenvalue weighted by Crippen LogP contribution is -1.90. The lowest BCUT2D eigenvalue weighted by Gasteiger charge is -2.04. The molecule has 0 atom stereocenters. The second kappa shape index (κ2) is 6.32. The summed E-state index contributed by atoms with van der Waals surface area (Å²) in [5.41, 5.74) is 4.37. The smallest absolute Gasteiger partial charge is 0.258 e. The standard InChI is InChI=1S/C21H16N2O2/c24-23(25)20-9-2-1-5-15(20)7-4-14-22-19-13-12-17-11-10-16-6-3-8-18(19)21(16)17/h1-9,12-14H,10-11H2/b7-4+,22-14?. The normalized spacial score (nSPS) is 13.3. The maximum absolute atomic E-state index is 11.0. The van der Waals surface area contributed by atoms with Crippen LogP contribution in [0.15, 0.2) is 65.7 Å². The Morgan fingerprint density at radius 3 is 2.60 bits per heavy atom. The van der Waals surface area contributed by atoms with Crippen LogP contribution in [0.3, 0.4) is 0 Å². The number of nitrogens with zero attached hydrogens (tertiary/aromatic N) is 2. The highest BCUT2D eigenvalue weighted by Gasteiger charge is 2.15. The monoisotopic (exact) mass is 328 g/mol. The summed E-state index contributed by atoms with van der Waals surface area (Å²) in [7, 11) is 0. The maximum Gasteiger partial charge on any atom is 0.276 e. The van der Waals surface area contributed by atoms with Gasteiger partial charge in [-0.25, -0.2) is 0 Å². The highest BCUT2D eigenvalue weighted by molar-refractivity contribution is 5.99. The predicted octanol–water partition coefficient (Wildman–Crippen LogP) is 5.26. The Morgan fingerprint density at radius 2 is 1.76 bits per heavy atom. The van der Waals surface area contributed by atoms with E-state index in [4.69, 9.17) is 0 Å². The van der Waals surface area contributed by atoms with Gasteiger partial charge in [0.1, 0.15) is 0 Å². The van der Waals surface area contributed by atoms with Gasteiger partial charge in [-0.05, 0) is 53.6 Å². The zero-order valence-corrected chi connectivity index (χ0v) is 13.6. The lowest BCUT2D eigenvalue weighted by atomic mass is 10.0. The molecule has 0 amide bonds. The molecule has 0 spiro atoms. The summed E-state index contributed by atoms with van der Waals surface area (Å²) in [6.45, 7) is 0. The summed E-state index contributed by atoms with van der Waals surface area (Å²) in [4.78, 5) is 15.2. The number of nitro benzene ring substituents is 1. The van der Waals surface area contributed by atoms with Crippen molar-refractivity contribution >= 4 is 34.4 Å². The third kappa shape index (κ3) is 2.83. The van der Waals surface area contributed by atoms with Gasteiger partial charge in [0, 0.05) is 17.7 Å². The Balaban J connectivity index is 1.64. The molecular formula is C21H16N2O2. The van der Waals surface area contributed by atoms with E-state index < -0.39 is 0 Å². The molecule has 0 fully saturated rings. The van der Waals surface area contributed by atoms with Gasteiger partial charge in [0.2, 0.25) is 0 Å². The number of nitro groups is 1. The summed E-state index contributed by atoms with van der Waals surface area (Å²) >= 11 is 0. The van der Waals surface area contributed by atoms with E-state index in [0.717, 1.165) is 18.5 Å². The molecule has 0 unspecified atom stereocenters. The summed E-state index contributed by atoms with van der Waals surface area (Å²) in [6.07, 6.45) is 7.33. The Bertz CT molecular complexity index is 1020. The molecule has 0 aromatic heterocycles. The molecule has 0 heterocycles. The fourth-order valence-electron chi connectivity index (χ4n) is 3.41. The van der Waals surface area contributed by atoms with Crippen LogP contribution in [-0.2, 0) is 12.8 Å². The molecule has 4 nitrogen and oxygen atoms in total. The topological polar surface area (TPSA) is 55.5 Å². The number of aliphatic imine (C=N–C) groups is 1. The fraction of sp³-hybridized carbons (Fsp3) is 0.0952. The molecule has 0 saturated carbocycles. The van der Waals surface area contributed by atoms with Crippen LogP contribution < -0.4 is 0 Å². The van der Waals surface area contributed by atoms with E-state index in [1.165, 1.54) is 28.0 Å². The molecular weight excluding hydrogens is 312 g/mol. The van der Waals surface area contributed by atoms with Crippen molar-refractivity contribution in [2.75, 3.05) is 0 Å². The van der Waals surface area contributed by atoms with Crippen LogP contribution in [0.25, 0.3) is 16.8 Å². The molecule has 0 aliphatic heterocycles. The first-order chi connectivity index (χ1) is 12.2. The SMILES string of the molecule is O=[N+]([O-])c1ccccc1/C=C/C=Nc1ccc2c3c(cccc13)CC2. The first-order valence-corrected chi connectivity index (χ1v) is 8.22. The average Bonchev–Trinajstić information content (AvgIpc) is 3.05. The van der Waals surface area contributed by atoms with Gasteiger partial charge < -0.3 is 0 Å². The Hall–Kier alpha value is -3.27. The van der Waals surface area contributed by atoms with Crippen LogP contribution in [0.5, 0.6) is 0 Å². The van der Waals surface area contributed by atoms with Crippen LogP contribution in [0.1, 0.15) is 16.7 Å². The van der Waals surface area contributed by atoms with Crippen molar-refractivity contribution in [1.29, 1.82) is 0 Å². The van der Waals surface area contributed by atoms with Crippen LogP contribution in [-0.4, -0.2) is 11.1 Å². The number of rotatable bonds is 4. The number of para-hydroxylation sites is 1. The predicted molar refractivity (Wildman–Crippen MR) is 102 cm³/mol. The Kier molecular flexibility index (Phi) is 3.86. The van der Waals surface area contributed by atoms with Crippen molar-refractivity contribution in [2.45, 2.75) is 12.8 Å². The summed E-state index contributed by atoms with van der Waals surface area (Å²) in [5, 5.41) is 13.5. The molecule has 0 bridgehead atoms. The van der Waals surface area contributed by atoms with E-state index in [-0.39, 0.29) is 10.6 Å². The van der Waals surface area contributed by atoms with Gasteiger partial charge >= 0.3 is 0 Å². The molecule has 0 radical (unpaired) electrons. The summed E-state index contributed by atoms with van der Waals surface area (Å²) < 4.78 is 0. The van der Waals surface area contributed by atoms with Crippen molar-refractivity contribution < 1.29 is 4.92 Å². The van der Waals surface area contributed by atoms with E-state index in [9.17, 15) is 10.1 Å². The summed E-state index contributed by atoms with van der Waals surface area (Å²) in [5.74, 6) is 0. The molecule has 4 heteroatoms. The minimum Gasteiger partial charge on any atom is -0.258 e. The highest BCUT2D eigenvalue weighted by atomic mass is 16.6. The largest absolute Gasteiger partial charge is 0.276 e. The van der Waals surface area contributed by atoms with E-state index >= 15 is 0 Å².